The van der Waals surface area contributed by atoms with E-state index in [0.717, 1.165) is 49.7 Å². The molecular formula is C31H37F2N7O4S. The highest BCUT2D eigenvalue weighted by Gasteiger charge is 2.52. The van der Waals surface area contributed by atoms with Gasteiger partial charge in [-0.1, -0.05) is 6.92 Å². The number of hydrogen-bond acceptors (Lipinski definition) is 7. The summed E-state index contributed by atoms with van der Waals surface area (Å²) < 4.78 is 61.7. The van der Waals surface area contributed by atoms with Crippen molar-refractivity contribution in [3.63, 3.8) is 0 Å². The second-order valence-corrected chi connectivity index (χ2v) is 14.5. The van der Waals surface area contributed by atoms with E-state index in [0.29, 0.717) is 46.3 Å². The minimum Gasteiger partial charge on any atom is -0.482 e. The van der Waals surface area contributed by atoms with Crippen LogP contribution in [0.3, 0.4) is 0 Å². The third-order valence-corrected chi connectivity index (χ3v) is 10.9. The lowest BCUT2D eigenvalue weighted by Crippen LogP contribution is -2.41. The Labute approximate surface area is 260 Å². The Balaban J connectivity index is 1.34. The molecule has 3 fully saturated rings. The lowest BCUT2D eigenvalue weighted by Gasteiger charge is -2.24. The van der Waals surface area contributed by atoms with E-state index in [1.54, 1.807) is 25.3 Å². The van der Waals surface area contributed by atoms with Crippen LogP contribution in [-0.4, -0.2) is 76.2 Å². The molecule has 6 heterocycles. The number of hydrogen-bond donors (Lipinski definition) is 1. The summed E-state index contributed by atoms with van der Waals surface area (Å²) in [6.45, 7) is 1.33. The quantitative estimate of drug-likeness (QED) is 0.268. The molecule has 1 amide bonds. The number of nitrogens with two attached hydrogens (primary N) is 1. The molecule has 4 aromatic rings. The summed E-state index contributed by atoms with van der Waals surface area (Å²) in [5.41, 5.74) is 10.1. The Morgan fingerprint density at radius 1 is 1.13 bits per heavy atom. The van der Waals surface area contributed by atoms with Crippen LogP contribution in [0.4, 0.5) is 14.6 Å². The first-order valence-corrected chi connectivity index (χ1v) is 17.2. The van der Waals surface area contributed by atoms with Crippen molar-refractivity contribution < 1.29 is 26.7 Å². The van der Waals surface area contributed by atoms with Gasteiger partial charge in [0.15, 0.2) is 5.88 Å². The molecule has 4 aromatic heterocycles. The van der Waals surface area contributed by atoms with Crippen molar-refractivity contribution in [2.24, 2.45) is 17.6 Å². The van der Waals surface area contributed by atoms with Crippen molar-refractivity contribution >= 4 is 38.4 Å². The molecule has 2 saturated heterocycles. The number of halogens is 2. The topological polar surface area (TPSA) is 128 Å². The van der Waals surface area contributed by atoms with Gasteiger partial charge in [0.05, 0.1) is 24.8 Å². The average molecular weight is 642 g/mol. The van der Waals surface area contributed by atoms with Crippen molar-refractivity contribution in [1.29, 1.82) is 0 Å². The lowest BCUT2D eigenvalue weighted by atomic mass is 9.83. The zero-order valence-electron chi connectivity index (χ0n) is 25.7. The van der Waals surface area contributed by atoms with Crippen LogP contribution in [0.25, 0.3) is 28.1 Å². The molecule has 0 radical (unpaired) electrons. The van der Waals surface area contributed by atoms with Gasteiger partial charge in [0, 0.05) is 41.7 Å². The van der Waals surface area contributed by atoms with Crippen molar-refractivity contribution in [3.05, 3.63) is 41.6 Å². The number of amides is 1. The third-order valence-electron chi connectivity index (χ3n) is 9.86. The van der Waals surface area contributed by atoms with E-state index in [-0.39, 0.29) is 40.1 Å². The number of aromatic nitrogens is 4. The van der Waals surface area contributed by atoms with Crippen molar-refractivity contribution in [2.75, 3.05) is 17.7 Å². The molecule has 4 atom stereocenters. The van der Waals surface area contributed by atoms with Gasteiger partial charge < -0.3 is 19.9 Å². The summed E-state index contributed by atoms with van der Waals surface area (Å²) in [6.07, 6.45) is 5.56. The minimum atomic E-state index is -4.27. The van der Waals surface area contributed by atoms with Crippen molar-refractivity contribution in [2.45, 2.75) is 77.2 Å². The SMILES string of the molecule is CCC1C(N)C2CCC1N2C(=O)c1cc(OC)n2c(C)c(-c3cc4ccc(N(C(F)F)S(C)(=O)=O)nc4n3CC3CC3)nc2c1. The highest BCUT2D eigenvalue weighted by molar-refractivity contribution is 7.92. The maximum Gasteiger partial charge on any atom is 0.329 e. The predicted molar refractivity (Wildman–Crippen MR) is 166 cm³/mol. The van der Waals surface area contributed by atoms with Gasteiger partial charge in [0.25, 0.3) is 5.91 Å². The molecule has 240 valence electrons. The number of alkyl halides is 2. The number of carbonyl (C=O) groups is 1. The molecule has 11 nitrogen and oxygen atoms in total. The third kappa shape index (κ3) is 4.75. The molecule has 0 spiro atoms. The zero-order valence-corrected chi connectivity index (χ0v) is 26.5. The van der Waals surface area contributed by atoms with Gasteiger partial charge in [-0.05, 0) is 75.1 Å². The van der Waals surface area contributed by atoms with E-state index in [4.69, 9.17) is 15.5 Å². The number of anilines is 1. The Morgan fingerprint density at radius 3 is 2.49 bits per heavy atom. The van der Waals surface area contributed by atoms with Crippen LogP contribution in [0.15, 0.2) is 30.3 Å². The molecule has 1 saturated carbocycles. The normalized spacial score (nSPS) is 23.2. The van der Waals surface area contributed by atoms with Gasteiger partial charge >= 0.3 is 6.55 Å². The van der Waals surface area contributed by atoms with Crippen LogP contribution >= 0.6 is 0 Å². The maximum absolute atomic E-state index is 14.0. The molecule has 1 aliphatic carbocycles. The first-order valence-electron chi connectivity index (χ1n) is 15.4. The van der Waals surface area contributed by atoms with Crippen LogP contribution in [0.1, 0.15) is 55.1 Å². The summed E-state index contributed by atoms with van der Waals surface area (Å²) in [6, 6.07) is 8.43. The largest absolute Gasteiger partial charge is 0.482 e. The number of carbonyl (C=O) groups excluding carboxylic acids is 1. The highest BCUT2D eigenvalue weighted by atomic mass is 32.2. The van der Waals surface area contributed by atoms with Crippen LogP contribution in [0.5, 0.6) is 5.88 Å². The molecule has 7 rings (SSSR count). The van der Waals surface area contributed by atoms with E-state index in [2.05, 4.69) is 11.9 Å². The number of sulfonamides is 1. The van der Waals surface area contributed by atoms with E-state index in [1.807, 2.05) is 26.9 Å². The molecule has 14 heteroatoms. The van der Waals surface area contributed by atoms with Crippen LogP contribution in [-0.2, 0) is 16.6 Å². The lowest BCUT2D eigenvalue weighted by molar-refractivity contribution is 0.0716. The first kappa shape index (κ1) is 29.9. The number of pyridine rings is 2. The number of nitrogens with zero attached hydrogens (tertiary/aromatic N) is 6. The fourth-order valence-corrected chi connectivity index (χ4v) is 8.32. The summed E-state index contributed by atoms with van der Waals surface area (Å²) in [7, 11) is -2.72. The number of aryl methyl sites for hydroxylation is 1. The van der Waals surface area contributed by atoms with Crippen molar-refractivity contribution in [3.8, 4) is 17.3 Å². The minimum absolute atomic E-state index is 0.0194. The van der Waals surface area contributed by atoms with Gasteiger partial charge in [-0.15, -0.1) is 0 Å². The molecule has 2 aliphatic heterocycles. The molecule has 0 aromatic carbocycles. The Hall–Kier alpha value is -3.78. The van der Waals surface area contributed by atoms with Gasteiger partial charge in [-0.3, -0.25) is 9.20 Å². The number of ether oxygens (including phenoxy) is 1. The maximum atomic E-state index is 14.0. The number of rotatable bonds is 9. The van der Waals surface area contributed by atoms with Crippen LogP contribution in [0.2, 0.25) is 0 Å². The number of methoxy groups -OCH3 is 1. The predicted octanol–water partition coefficient (Wildman–Crippen LogP) is 4.41. The van der Waals surface area contributed by atoms with Crippen molar-refractivity contribution in [1.82, 2.24) is 23.8 Å². The molecule has 3 aliphatic rings. The fourth-order valence-electron chi connectivity index (χ4n) is 7.59. The summed E-state index contributed by atoms with van der Waals surface area (Å²) >= 11 is 0. The summed E-state index contributed by atoms with van der Waals surface area (Å²) in [5.74, 6) is 0.702. The van der Waals surface area contributed by atoms with E-state index >= 15 is 0 Å². The summed E-state index contributed by atoms with van der Waals surface area (Å²) in [5, 5.41) is 0.669. The fraction of sp³-hybridized carbons (Fsp3) is 0.516. The molecule has 2 N–H and O–H groups in total. The summed E-state index contributed by atoms with van der Waals surface area (Å²) in [4.78, 5) is 25.3. The average Bonchev–Trinajstić information content (AvgIpc) is 3.33. The smallest absolute Gasteiger partial charge is 0.329 e. The number of imidazole rings is 1. The second-order valence-electron chi connectivity index (χ2n) is 12.6. The number of fused-ring (bicyclic) bond motifs is 4. The van der Waals surface area contributed by atoms with Gasteiger partial charge in [0.1, 0.15) is 22.8 Å². The molecule has 2 bridgehead atoms. The van der Waals surface area contributed by atoms with E-state index in [1.165, 1.54) is 6.07 Å². The monoisotopic (exact) mass is 641 g/mol. The van der Waals surface area contributed by atoms with Crippen LogP contribution < -0.4 is 14.8 Å². The van der Waals surface area contributed by atoms with Gasteiger partial charge in [0.2, 0.25) is 10.0 Å². The Morgan fingerprint density at radius 2 is 1.87 bits per heavy atom. The molecule has 4 unspecified atom stereocenters. The van der Waals surface area contributed by atoms with E-state index < -0.39 is 16.6 Å². The van der Waals surface area contributed by atoms with Crippen LogP contribution in [0, 0.1) is 18.8 Å². The van der Waals surface area contributed by atoms with Gasteiger partial charge in [-0.2, -0.15) is 13.1 Å². The first-order chi connectivity index (χ1) is 21.4. The zero-order chi connectivity index (χ0) is 31.9. The Kier molecular flexibility index (Phi) is 7.08. The molecule has 45 heavy (non-hydrogen) atoms. The second kappa shape index (κ2) is 10.6. The van der Waals surface area contributed by atoms with Gasteiger partial charge in [-0.25, -0.2) is 18.4 Å². The Bertz CT molecular complexity index is 1940. The standard InChI is InChI=1S/C31H37F2N7O4S/c1-5-20-21-9-10-22(27(20)34)39(21)30(41)19-13-25-35-28(16(2)38(25)26(14-19)44-3)23-12-18-8-11-24(40(31(32)33)45(4,42)43)36-29(18)37(23)15-17-6-7-17/h8,11-14,17,20-22,27,31H,5-7,9-10,15,34H2,1-4H3. The molecular weight excluding hydrogens is 604 g/mol. The highest BCUT2D eigenvalue weighted by Crippen LogP contribution is 2.44. The van der Waals surface area contributed by atoms with E-state index in [9.17, 15) is 22.0 Å².